The van der Waals surface area contributed by atoms with Crippen molar-refractivity contribution in [3.8, 4) is 0 Å². The molecule has 0 atom stereocenters. The van der Waals surface area contributed by atoms with E-state index in [0.717, 1.165) is 4.47 Å². The van der Waals surface area contributed by atoms with Gasteiger partial charge in [0.05, 0.1) is 0 Å². The van der Waals surface area contributed by atoms with Crippen molar-refractivity contribution in [2.75, 3.05) is 5.73 Å². The summed E-state index contributed by atoms with van der Waals surface area (Å²) in [5, 5.41) is 0. The van der Waals surface area contributed by atoms with E-state index in [-0.39, 0.29) is 18.0 Å². The fraction of sp³-hybridized carbons (Fsp3) is 0.0714. The molecule has 5 heteroatoms. The first-order chi connectivity index (χ1) is 8.97. The quantitative estimate of drug-likeness (QED) is 0.629. The number of nitrogens with two attached hydrogens (primary N) is 1. The summed E-state index contributed by atoms with van der Waals surface area (Å²) in [7, 11) is 0. The van der Waals surface area contributed by atoms with E-state index in [1.807, 2.05) is 0 Å². The van der Waals surface area contributed by atoms with Gasteiger partial charge in [0.25, 0.3) is 0 Å². The molecule has 2 aromatic rings. The Bertz CT molecular complexity index is 643. The second-order valence-corrected chi connectivity index (χ2v) is 5.84. The zero-order valence-electron chi connectivity index (χ0n) is 9.79. The van der Waals surface area contributed by atoms with Crippen LogP contribution in [0.25, 0.3) is 0 Å². The maximum Gasteiger partial charge on any atom is 0.169 e. The highest BCUT2D eigenvalue weighted by atomic mass is 79.9. The molecule has 2 rings (SSSR count). The molecule has 0 heterocycles. The molecule has 0 amide bonds. The third-order valence-electron chi connectivity index (χ3n) is 2.67. The fourth-order valence-electron chi connectivity index (χ4n) is 1.73. The lowest BCUT2D eigenvalue weighted by atomic mass is 10.0. The minimum atomic E-state index is -0.366. The second kappa shape index (κ2) is 5.84. The molecule has 0 saturated heterocycles. The number of carbonyl (C=O) groups is 1. The number of rotatable bonds is 3. The van der Waals surface area contributed by atoms with Gasteiger partial charge in [-0.25, -0.2) is 4.39 Å². The average Bonchev–Trinajstić information content (AvgIpc) is 2.33. The summed E-state index contributed by atoms with van der Waals surface area (Å²) in [6.07, 6.45) is 0.101. The molecule has 0 fully saturated rings. The molecule has 0 unspecified atom stereocenters. The molecule has 0 saturated carbocycles. The third kappa shape index (κ3) is 3.42. The number of benzene rings is 2. The minimum absolute atomic E-state index is 0.101. The number of hydrogen-bond acceptors (Lipinski definition) is 2. The summed E-state index contributed by atoms with van der Waals surface area (Å²) in [5.74, 6) is -0.508. The molecule has 0 aliphatic carbocycles. The van der Waals surface area contributed by atoms with Crippen molar-refractivity contribution >= 4 is 43.3 Å². The van der Waals surface area contributed by atoms with E-state index in [2.05, 4.69) is 31.9 Å². The van der Waals surface area contributed by atoms with Crippen LogP contribution in [-0.4, -0.2) is 5.78 Å². The standard InChI is InChI=1S/C14H10Br2FNO/c15-9-1-3-11(13(18)7-9)14(19)6-8-5-10(17)2-4-12(8)16/h1-5,7H,6,18H2. The largest absolute Gasteiger partial charge is 0.398 e. The van der Waals surface area contributed by atoms with Crippen LogP contribution in [0, 0.1) is 5.82 Å². The lowest BCUT2D eigenvalue weighted by Crippen LogP contribution is -2.07. The highest BCUT2D eigenvalue weighted by Crippen LogP contribution is 2.23. The first-order valence-corrected chi connectivity index (χ1v) is 7.08. The Kier molecular flexibility index (Phi) is 4.37. The first kappa shape index (κ1) is 14.2. The SMILES string of the molecule is Nc1cc(Br)ccc1C(=O)Cc1cc(F)ccc1Br. The van der Waals surface area contributed by atoms with E-state index in [4.69, 9.17) is 5.73 Å². The Labute approximate surface area is 127 Å². The van der Waals surface area contributed by atoms with Crippen molar-refractivity contribution in [1.29, 1.82) is 0 Å². The van der Waals surface area contributed by atoms with Gasteiger partial charge in [0.2, 0.25) is 0 Å². The molecule has 0 aromatic heterocycles. The van der Waals surface area contributed by atoms with Gasteiger partial charge < -0.3 is 5.73 Å². The van der Waals surface area contributed by atoms with Crippen LogP contribution in [0.5, 0.6) is 0 Å². The van der Waals surface area contributed by atoms with E-state index >= 15 is 0 Å². The monoisotopic (exact) mass is 385 g/mol. The molecule has 2 aromatic carbocycles. The van der Waals surface area contributed by atoms with Gasteiger partial charge in [-0.1, -0.05) is 31.9 Å². The molecule has 0 aliphatic rings. The zero-order chi connectivity index (χ0) is 14.0. The lowest BCUT2D eigenvalue weighted by Gasteiger charge is -2.07. The van der Waals surface area contributed by atoms with E-state index in [1.54, 1.807) is 24.3 Å². The van der Waals surface area contributed by atoms with Crippen LogP contribution in [0.3, 0.4) is 0 Å². The van der Waals surface area contributed by atoms with E-state index < -0.39 is 0 Å². The molecule has 2 nitrogen and oxygen atoms in total. The molecule has 98 valence electrons. The van der Waals surface area contributed by atoms with Crippen LogP contribution in [0.2, 0.25) is 0 Å². The maximum absolute atomic E-state index is 13.2. The van der Waals surface area contributed by atoms with Crippen LogP contribution >= 0.6 is 31.9 Å². The summed E-state index contributed by atoms with van der Waals surface area (Å²) in [4.78, 5) is 12.2. The lowest BCUT2D eigenvalue weighted by molar-refractivity contribution is 0.0993. The van der Waals surface area contributed by atoms with Gasteiger partial charge in [0.1, 0.15) is 5.82 Å². The fourth-order valence-corrected chi connectivity index (χ4v) is 2.50. The van der Waals surface area contributed by atoms with Gasteiger partial charge in [-0.3, -0.25) is 4.79 Å². The van der Waals surface area contributed by atoms with Gasteiger partial charge in [-0.15, -0.1) is 0 Å². The number of anilines is 1. The number of carbonyl (C=O) groups excluding carboxylic acids is 1. The zero-order valence-corrected chi connectivity index (χ0v) is 13.0. The van der Waals surface area contributed by atoms with E-state index in [0.29, 0.717) is 21.3 Å². The molecule has 0 bridgehead atoms. The van der Waals surface area contributed by atoms with Crippen LogP contribution in [-0.2, 0) is 6.42 Å². The number of halogens is 3. The third-order valence-corrected chi connectivity index (χ3v) is 3.94. The summed E-state index contributed by atoms with van der Waals surface area (Å²) >= 11 is 6.59. The average molecular weight is 387 g/mol. The minimum Gasteiger partial charge on any atom is -0.398 e. The maximum atomic E-state index is 13.2. The van der Waals surface area contributed by atoms with Gasteiger partial charge in [0, 0.05) is 26.6 Å². The van der Waals surface area contributed by atoms with Gasteiger partial charge in [-0.2, -0.15) is 0 Å². The molecule has 0 aliphatic heterocycles. The van der Waals surface area contributed by atoms with Crippen LogP contribution in [0.1, 0.15) is 15.9 Å². The number of Topliss-reactive ketones (excluding diaryl/α,β-unsaturated/α-hetero) is 1. The summed E-state index contributed by atoms with van der Waals surface area (Å²) in [6.45, 7) is 0. The van der Waals surface area contributed by atoms with E-state index in [1.165, 1.54) is 12.1 Å². The molecule has 19 heavy (non-hydrogen) atoms. The van der Waals surface area contributed by atoms with Crippen molar-refractivity contribution in [1.82, 2.24) is 0 Å². The second-order valence-electron chi connectivity index (χ2n) is 4.07. The van der Waals surface area contributed by atoms with Crippen molar-refractivity contribution in [2.24, 2.45) is 0 Å². The summed E-state index contributed by atoms with van der Waals surface area (Å²) < 4.78 is 14.7. The van der Waals surface area contributed by atoms with E-state index in [9.17, 15) is 9.18 Å². The molecule has 2 N–H and O–H groups in total. The Hall–Kier alpha value is -1.20. The highest BCUT2D eigenvalue weighted by Gasteiger charge is 2.13. The first-order valence-electron chi connectivity index (χ1n) is 5.49. The topological polar surface area (TPSA) is 43.1 Å². The number of nitrogen functional groups attached to an aromatic ring is 1. The van der Waals surface area contributed by atoms with Crippen LogP contribution in [0.4, 0.5) is 10.1 Å². The summed E-state index contributed by atoms with van der Waals surface area (Å²) in [5.41, 5.74) is 7.26. The smallest absolute Gasteiger partial charge is 0.169 e. The Morgan fingerprint density at radius 1 is 1.16 bits per heavy atom. The number of ketones is 1. The molecule has 0 spiro atoms. The summed E-state index contributed by atoms with van der Waals surface area (Å²) in [6, 6.07) is 9.36. The van der Waals surface area contributed by atoms with Gasteiger partial charge >= 0.3 is 0 Å². The Balaban J connectivity index is 2.28. The Morgan fingerprint density at radius 3 is 2.58 bits per heavy atom. The Morgan fingerprint density at radius 2 is 1.89 bits per heavy atom. The van der Waals surface area contributed by atoms with Crippen molar-refractivity contribution in [2.45, 2.75) is 6.42 Å². The predicted octanol–water partition coefficient (Wildman–Crippen LogP) is 4.36. The normalized spacial score (nSPS) is 10.5. The molecular formula is C14H10Br2FNO. The molecular weight excluding hydrogens is 377 g/mol. The van der Waals surface area contributed by atoms with Crippen molar-refractivity contribution < 1.29 is 9.18 Å². The van der Waals surface area contributed by atoms with Crippen molar-refractivity contribution in [3.63, 3.8) is 0 Å². The predicted molar refractivity (Wildman–Crippen MR) is 80.7 cm³/mol. The highest BCUT2D eigenvalue weighted by molar-refractivity contribution is 9.10. The molecule has 0 radical (unpaired) electrons. The van der Waals surface area contributed by atoms with Crippen LogP contribution in [0.15, 0.2) is 45.3 Å². The van der Waals surface area contributed by atoms with Gasteiger partial charge in [-0.05, 0) is 42.0 Å². The number of hydrogen-bond donors (Lipinski definition) is 1. The van der Waals surface area contributed by atoms with Gasteiger partial charge in [0.15, 0.2) is 5.78 Å². The van der Waals surface area contributed by atoms with Crippen molar-refractivity contribution in [3.05, 3.63) is 62.3 Å². The van der Waals surface area contributed by atoms with Crippen LogP contribution < -0.4 is 5.73 Å².